The summed E-state index contributed by atoms with van der Waals surface area (Å²) in [6.45, 7) is 4.19. The Kier molecular flexibility index (Phi) is 2.32. The molecule has 1 aromatic heterocycles. The van der Waals surface area contributed by atoms with Crippen LogP contribution in [0.1, 0.15) is 35.2 Å². The van der Waals surface area contributed by atoms with E-state index in [9.17, 15) is 0 Å². The molecule has 0 aliphatic heterocycles. The molecule has 2 aromatic rings. The zero-order valence-electron chi connectivity index (χ0n) is 10.5. The van der Waals surface area contributed by atoms with E-state index in [1.54, 1.807) is 0 Å². The molecule has 17 heavy (non-hydrogen) atoms. The summed E-state index contributed by atoms with van der Waals surface area (Å²) in [5, 5.41) is 1.13. The van der Waals surface area contributed by atoms with E-state index >= 15 is 0 Å². The van der Waals surface area contributed by atoms with Gasteiger partial charge in [-0.15, -0.1) is 0 Å². The van der Waals surface area contributed by atoms with Crippen LogP contribution in [0.3, 0.4) is 0 Å². The number of aromatic nitrogens is 1. The molecule has 2 nitrogen and oxygen atoms in total. The lowest BCUT2D eigenvalue weighted by molar-refractivity contribution is 0.671. The number of hydrogen-bond acceptors (Lipinski definition) is 2. The molecular formula is C15H18N2. The van der Waals surface area contributed by atoms with Crippen molar-refractivity contribution in [3.05, 3.63) is 34.5 Å². The van der Waals surface area contributed by atoms with Gasteiger partial charge in [-0.1, -0.05) is 0 Å². The number of nitrogens with zero attached hydrogens (tertiary/aromatic N) is 1. The summed E-state index contributed by atoms with van der Waals surface area (Å²) in [5.41, 5.74) is 13.3. The fourth-order valence-electron chi connectivity index (χ4n) is 2.70. The predicted octanol–water partition coefficient (Wildman–Crippen LogP) is 3.31. The van der Waals surface area contributed by atoms with Gasteiger partial charge in [-0.2, -0.15) is 0 Å². The van der Waals surface area contributed by atoms with Crippen molar-refractivity contribution in [3.8, 4) is 0 Å². The minimum atomic E-state index is 0.904. The molecule has 0 unspecified atom stereocenters. The first-order valence-electron chi connectivity index (χ1n) is 6.35. The summed E-state index contributed by atoms with van der Waals surface area (Å²) >= 11 is 0. The number of rotatable bonds is 0. The molecule has 88 valence electrons. The van der Waals surface area contributed by atoms with Crippen LogP contribution in [0.4, 0.5) is 5.69 Å². The SMILES string of the molecule is Cc1cc2nc3c(cc2c(N)c1C)CCCC3. The van der Waals surface area contributed by atoms with Crippen LogP contribution < -0.4 is 5.73 Å². The van der Waals surface area contributed by atoms with E-state index in [4.69, 9.17) is 10.7 Å². The fraction of sp³-hybridized carbons (Fsp3) is 0.400. The Hall–Kier alpha value is -1.57. The van der Waals surface area contributed by atoms with Gasteiger partial charge in [-0.05, 0) is 68.4 Å². The van der Waals surface area contributed by atoms with Crippen LogP contribution in [0.2, 0.25) is 0 Å². The third kappa shape index (κ3) is 1.59. The van der Waals surface area contributed by atoms with E-state index in [1.165, 1.54) is 35.2 Å². The quantitative estimate of drug-likeness (QED) is 0.700. The molecule has 0 amide bonds. The van der Waals surface area contributed by atoms with Gasteiger partial charge in [0.1, 0.15) is 0 Å². The summed E-state index contributed by atoms with van der Waals surface area (Å²) in [7, 11) is 0. The second kappa shape index (κ2) is 3.73. The summed E-state index contributed by atoms with van der Waals surface area (Å²) in [6, 6.07) is 4.43. The lowest BCUT2D eigenvalue weighted by Gasteiger charge is -2.17. The second-order valence-corrected chi connectivity index (χ2v) is 5.10. The van der Waals surface area contributed by atoms with E-state index in [1.807, 2.05) is 0 Å². The van der Waals surface area contributed by atoms with Crippen LogP contribution in [-0.4, -0.2) is 4.98 Å². The zero-order chi connectivity index (χ0) is 12.0. The topological polar surface area (TPSA) is 38.9 Å². The van der Waals surface area contributed by atoms with Crippen molar-refractivity contribution in [2.24, 2.45) is 0 Å². The molecule has 0 saturated carbocycles. The molecule has 3 rings (SSSR count). The van der Waals surface area contributed by atoms with Gasteiger partial charge in [-0.25, -0.2) is 0 Å². The Morgan fingerprint density at radius 2 is 1.88 bits per heavy atom. The van der Waals surface area contributed by atoms with Gasteiger partial charge in [0, 0.05) is 16.8 Å². The van der Waals surface area contributed by atoms with Crippen molar-refractivity contribution < 1.29 is 0 Å². The third-order valence-corrected chi connectivity index (χ3v) is 3.97. The highest BCUT2D eigenvalue weighted by atomic mass is 14.7. The molecule has 1 aromatic carbocycles. The number of hydrogen-bond donors (Lipinski definition) is 1. The third-order valence-electron chi connectivity index (χ3n) is 3.97. The standard InChI is InChI=1S/C15H18N2/c1-9-7-14-12(15(16)10(9)2)8-11-5-3-4-6-13(11)17-14/h7-8H,3-6,16H2,1-2H3. The maximum Gasteiger partial charge on any atom is 0.0729 e. The monoisotopic (exact) mass is 226 g/mol. The first-order chi connectivity index (χ1) is 8.16. The van der Waals surface area contributed by atoms with Crippen molar-refractivity contribution in [1.82, 2.24) is 4.98 Å². The van der Waals surface area contributed by atoms with Crippen LogP contribution in [-0.2, 0) is 12.8 Å². The highest BCUT2D eigenvalue weighted by Crippen LogP contribution is 2.30. The number of fused-ring (bicyclic) bond motifs is 2. The molecule has 1 aliphatic rings. The van der Waals surface area contributed by atoms with Crippen LogP contribution >= 0.6 is 0 Å². The minimum Gasteiger partial charge on any atom is -0.398 e. The number of aryl methyl sites for hydroxylation is 3. The lowest BCUT2D eigenvalue weighted by atomic mass is 9.93. The van der Waals surface area contributed by atoms with Crippen molar-refractivity contribution in [2.45, 2.75) is 39.5 Å². The Bertz CT molecular complexity index is 600. The molecule has 1 aliphatic carbocycles. The smallest absolute Gasteiger partial charge is 0.0729 e. The van der Waals surface area contributed by atoms with E-state index in [0.29, 0.717) is 0 Å². The highest BCUT2D eigenvalue weighted by molar-refractivity contribution is 5.93. The van der Waals surface area contributed by atoms with E-state index in [-0.39, 0.29) is 0 Å². The first kappa shape index (κ1) is 10.6. The zero-order valence-corrected chi connectivity index (χ0v) is 10.5. The molecule has 0 saturated heterocycles. The van der Waals surface area contributed by atoms with Crippen LogP contribution in [0.25, 0.3) is 10.9 Å². The van der Waals surface area contributed by atoms with Gasteiger partial charge >= 0.3 is 0 Å². The molecule has 0 fully saturated rings. The first-order valence-corrected chi connectivity index (χ1v) is 6.35. The average molecular weight is 226 g/mol. The number of nitrogen functional groups attached to an aromatic ring is 1. The van der Waals surface area contributed by atoms with Gasteiger partial charge in [0.25, 0.3) is 0 Å². The van der Waals surface area contributed by atoms with Gasteiger partial charge in [0.05, 0.1) is 5.52 Å². The summed E-state index contributed by atoms with van der Waals surface area (Å²) < 4.78 is 0. The summed E-state index contributed by atoms with van der Waals surface area (Å²) in [5.74, 6) is 0. The van der Waals surface area contributed by atoms with Gasteiger partial charge in [-0.3, -0.25) is 4.98 Å². The molecule has 0 spiro atoms. The average Bonchev–Trinajstić information content (AvgIpc) is 2.34. The maximum atomic E-state index is 6.21. The van der Waals surface area contributed by atoms with E-state index in [0.717, 1.165) is 29.4 Å². The normalized spacial score (nSPS) is 14.9. The van der Waals surface area contributed by atoms with Crippen molar-refractivity contribution in [1.29, 1.82) is 0 Å². The number of anilines is 1. The largest absolute Gasteiger partial charge is 0.398 e. The van der Waals surface area contributed by atoms with Gasteiger partial charge in [0.15, 0.2) is 0 Å². The molecule has 0 atom stereocenters. The lowest BCUT2D eigenvalue weighted by Crippen LogP contribution is -2.06. The minimum absolute atomic E-state index is 0.904. The number of benzene rings is 1. The molecule has 0 bridgehead atoms. The van der Waals surface area contributed by atoms with E-state index < -0.39 is 0 Å². The van der Waals surface area contributed by atoms with Gasteiger partial charge < -0.3 is 5.73 Å². The molecule has 1 heterocycles. The second-order valence-electron chi connectivity index (χ2n) is 5.10. The van der Waals surface area contributed by atoms with Crippen molar-refractivity contribution in [3.63, 3.8) is 0 Å². The molecule has 2 heteroatoms. The Balaban J connectivity index is 2.34. The van der Waals surface area contributed by atoms with Crippen LogP contribution in [0, 0.1) is 13.8 Å². The predicted molar refractivity (Wildman–Crippen MR) is 72.3 cm³/mol. The molecular weight excluding hydrogens is 208 g/mol. The van der Waals surface area contributed by atoms with Crippen LogP contribution in [0.5, 0.6) is 0 Å². The summed E-state index contributed by atoms with van der Waals surface area (Å²) in [6.07, 6.45) is 4.83. The fourth-order valence-corrected chi connectivity index (χ4v) is 2.70. The number of pyridine rings is 1. The van der Waals surface area contributed by atoms with Gasteiger partial charge in [0.2, 0.25) is 0 Å². The Labute approximate surface area is 102 Å². The summed E-state index contributed by atoms with van der Waals surface area (Å²) in [4.78, 5) is 4.80. The molecule has 0 radical (unpaired) electrons. The molecule has 2 N–H and O–H groups in total. The Morgan fingerprint density at radius 1 is 1.12 bits per heavy atom. The van der Waals surface area contributed by atoms with E-state index in [2.05, 4.69) is 26.0 Å². The van der Waals surface area contributed by atoms with Crippen LogP contribution in [0.15, 0.2) is 12.1 Å². The highest BCUT2D eigenvalue weighted by Gasteiger charge is 2.14. The maximum absolute atomic E-state index is 6.21. The van der Waals surface area contributed by atoms with Crippen molar-refractivity contribution >= 4 is 16.6 Å². The van der Waals surface area contributed by atoms with Crippen molar-refractivity contribution in [2.75, 3.05) is 5.73 Å². The Morgan fingerprint density at radius 3 is 2.71 bits per heavy atom. The number of nitrogens with two attached hydrogens (primary N) is 1.